The molecule has 3 atom stereocenters. The van der Waals surface area contributed by atoms with Crippen LogP contribution >= 0.6 is 24.8 Å². The molecule has 1 aliphatic rings. The number of carbonyl (C=O) groups is 3. The van der Waals surface area contributed by atoms with E-state index in [-0.39, 0.29) is 63.0 Å². The monoisotopic (exact) mass is 402 g/mol. The van der Waals surface area contributed by atoms with Crippen molar-refractivity contribution in [2.75, 3.05) is 13.1 Å². The minimum Gasteiger partial charge on any atom is -0.480 e. The zero-order valence-electron chi connectivity index (χ0n) is 13.5. The molecule has 0 bridgehead atoms. The van der Waals surface area contributed by atoms with E-state index in [0.29, 0.717) is 6.42 Å². The Kier molecular flexibility index (Phi) is 11.3. The number of halogens is 2. The van der Waals surface area contributed by atoms with Crippen molar-refractivity contribution in [1.82, 2.24) is 4.90 Å². The lowest BCUT2D eigenvalue weighted by Crippen LogP contribution is -2.64. The number of amides is 2. The van der Waals surface area contributed by atoms with Gasteiger partial charge in [0, 0.05) is 13.1 Å². The third-order valence-electron chi connectivity index (χ3n) is 3.91. The molecule has 0 aromatic heterocycles. The second-order valence-electron chi connectivity index (χ2n) is 6.09. The highest BCUT2D eigenvalue weighted by molar-refractivity contribution is 6.40. The maximum absolute atomic E-state index is 12.3. The molecule has 1 fully saturated rings. The number of nitrogens with two attached hydrogens (primary N) is 3. The van der Waals surface area contributed by atoms with E-state index >= 15 is 0 Å². The number of hydrogen-bond acceptors (Lipinski definition) is 7. The van der Waals surface area contributed by atoms with Gasteiger partial charge in [0.2, 0.25) is 11.8 Å². The minimum absolute atomic E-state index is 0. The fourth-order valence-corrected chi connectivity index (χ4v) is 2.80. The van der Waals surface area contributed by atoms with Crippen molar-refractivity contribution in [3.63, 3.8) is 0 Å². The standard InChI is InChI=1S/C12H23BN4O6.2ClH/c14-8(3-9(15)18)10(19)17-5-7(1-2-13(22)23)4-12(16,6-17)11(20)21;;/h7-8,22-23H,1-6,14,16H2,(H2,15,18)(H,20,21);2*1H/t7-,8?,12+;;/m0../s1. The first-order valence-corrected chi connectivity index (χ1v) is 7.26. The topological polar surface area (TPSA) is 193 Å². The van der Waals surface area contributed by atoms with Crippen LogP contribution in [0.15, 0.2) is 0 Å². The Balaban J connectivity index is 0. The summed E-state index contributed by atoms with van der Waals surface area (Å²) in [6.45, 7) is -0.0456. The molecule has 0 saturated carbocycles. The zero-order valence-corrected chi connectivity index (χ0v) is 15.2. The number of piperidine rings is 1. The van der Waals surface area contributed by atoms with Gasteiger partial charge in [0.05, 0.1) is 12.5 Å². The van der Waals surface area contributed by atoms with Crippen LogP contribution in [0.2, 0.25) is 6.32 Å². The molecule has 146 valence electrons. The first-order chi connectivity index (χ1) is 10.5. The summed E-state index contributed by atoms with van der Waals surface area (Å²) in [5, 5.41) is 27.2. The molecule has 2 amide bonds. The van der Waals surface area contributed by atoms with Crippen LogP contribution in [0.1, 0.15) is 19.3 Å². The number of hydrogen-bond donors (Lipinski definition) is 6. The molecule has 9 N–H and O–H groups in total. The Morgan fingerprint density at radius 2 is 1.84 bits per heavy atom. The molecule has 1 heterocycles. The number of nitrogens with zero attached hydrogens (tertiary/aromatic N) is 1. The molecular formula is C12H25BCl2N4O6. The van der Waals surface area contributed by atoms with Crippen molar-refractivity contribution in [3.05, 3.63) is 0 Å². The fraction of sp³-hybridized carbons (Fsp3) is 0.750. The largest absolute Gasteiger partial charge is 0.480 e. The second-order valence-corrected chi connectivity index (χ2v) is 6.09. The summed E-state index contributed by atoms with van der Waals surface area (Å²) in [5.41, 5.74) is 14.9. The molecular weight excluding hydrogens is 378 g/mol. The second kappa shape index (κ2) is 10.8. The van der Waals surface area contributed by atoms with Gasteiger partial charge in [-0.1, -0.05) is 6.42 Å². The Labute approximate surface area is 158 Å². The van der Waals surface area contributed by atoms with E-state index in [4.69, 9.17) is 27.2 Å². The van der Waals surface area contributed by atoms with Gasteiger partial charge in [-0.05, 0) is 18.7 Å². The third-order valence-corrected chi connectivity index (χ3v) is 3.91. The molecule has 10 nitrogen and oxygen atoms in total. The summed E-state index contributed by atoms with van der Waals surface area (Å²) >= 11 is 0. The molecule has 1 unspecified atom stereocenters. The number of primary amides is 1. The normalized spacial score (nSPS) is 23.7. The van der Waals surface area contributed by atoms with Gasteiger partial charge in [-0.2, -0.15) is 0 Å². The van der Waals surface area contributed by atoms with Crippen LogP contribution in [-0.2, 0) is 14.4 Å². The van der Waals surface area contributed by atoms with Crippen LogP contribution in [0, 0.1) is 5.92 Å². The highest BCUT2D eigenvalue weighted by Crippen LogP contribution is 2.28. The van der Waals surface area contributed by atoms with E-state index < -0.39 is 36.5 Å². The molecule has 25 heavy (non-hydrogen) atoms. The number of rotatable bonds is 7. The third kappa shape index (κ3) is 7.76. The summed E-state index contributed by atoms with van der Waals surface area (Å²) in [6, 6.07) is -1.16. The molecule has 1 saturated heterocycles. The lowest BCUT2D eigenvalue weighted by atomic mass is 9.75. The Morgan fingerprint density at radius 3 is 2.28 bits per heavy atom. The zero-order chi connectivity index (χ0) is 17.8. The number of carboxylic acids is 1. The highest BCUT2D eigenvalue weighted by Gasteiger charge is 2.44. The van der Waals surface area contributed by atoms with E-state index in [9.17, 15) is 19.5 Å². The SMILES string of the molecule is Cl.Cl.NC(=O)CC(N)C(=O)N1C[C@@H](CCB(O)O)C[C@](N)(C(=O)O)C1. The van der Waals surface area contributed by atoms with Crippen LogP contribution < -0.4 is 17.2 Å². The molecule has 1 rings (SSSR count). The first kappa shape index (κ1) is 26.1. The Morgan fingerprint density at radius 1 is 1.28 bits per heavy atom. The van der Waals surface area contributed by atoms with Gasteiger partial charge in [-0.15, -0.1) is 24.8 Å². The quantitative estimate of drug-likeness (QED) is 0.252. The predicted octanol–water partition coefficient (Wildman–Crippen LogP) is -2.47. The van der Waals surface area contributed by atoms with Crippen LogP contribution in [0.4, 0.5) is 0 Å². The molecule has 0 aromatic carbocycles. The summed E-state index contributed by atoms with van der Waals surface area (Å²) < 4.78 is 0. The van der Waals surface area contributed by atoms with Gasteiger partial charge in [-0.3, -0.25) is 14.4 Å². The van der Waals surface area contributed by atoms with Gasteiger partial charge >= 0.3 is 13.1 Å². The van der Waals surface area contributed by atoms with E-state index in [1.165, 1.54) is 4.90 Å². The van der Waals surface area contributed by atoms with Gasteiger partial charge in [0.25, 0.3) is 0 Å². The highest BCUT2D eigenvalue weighted by atomic mass is 35.5. The number of likely N-dealkylation sites (tertiary alicyclic amines) is 1. The number of carbonyl (C=O) groups excluding carboxylic acids is 2. The van der Waals surface area contributed by atoms with Crippen LogP contribution in [0.5, 0.6) is 0 Å². The summed E-state index contributed by atoms with van der Waals surface area (Å²) in [7, 11) is -1.52. The van der Waals surface area contributed by atoms with Gasteiger partial charge < -0.3 is 37.3 Å². The van der Waals surface area contributed by atoms with Gasteiger partial charge in [0.1, 0.15) is 5.54 Å². The average Bonchev–Trinajstić information content (AvgIpc) is 2.42. The van der Waals surface area contributed by atoms with E-state index in [2.05, 4.69) is 0 Å². The maximum Gasteiger partial charge on any atom is 0.451 e. The molecule has 13 heteroatoms. The molecule has 1 aliphatic heterocycles. The van der Waals surface area contributed by atoms with Gasteiger partial charge in [-0.25, -0.2) is 0 Å². The van der Waals surface area contributed by atoms with Crippen molar-refractivity contribution in [2.24, 2.45) is 23.1 Å². The van der Waals surface area contributed by atoms with Crippen LogP contribution in [0.3, 0.4) is 0 Å². The molecule has 0 aromatic rings. The van der Waals surface area contributed by atoms with E-state index in [1.807, 2.05) is 0 Å². The molecule has 0 spiro atoms. The predicted molar refractivity (Wildman–Crippen MR) is 95.1 cm³/mol. The molecule has 0 radical (unpaired) electrons. The van der Waals surface area contributed by atoms with Crippen molar-refractivity contribution in [1.29, 1.82) is 0 Å². The molecule has 0 aliphatic carbocycles. The number of aliphatic carboxylic acids is 1. The minimum atomic E-state index is -1.65. The van der Waals surface area contributed by atoms with E-state index in [0.717, 1.165) is 0 Å². The lowest BCUT2D eigenvalue weighted by Gasteiger charge is -2.42. The Bertz CT molecular complexity index is 487. The van der Waals surface area contributed by atoms with Crippen LogP contribution in [-0.4, -0.2) is 69.6 Å². The Hall–Kier alpha value is -1.11. The van der Waals surface area contributed by atoms with Crippen LogP contribution in [0.25, 0.3) is 0 Å². The number of carboxylic acid groups (broad SMARTS) is 1. The van der Waals surface area contributed by atoms with Gasteiger partial charge in [0.15, 0.2) is 0 Å². The fourth-order valence-electron chi connectivity index (χ4n) is 2.80. The first-order valence-electron chi connectivity index (χ1n) is 7.26. The van der Waals surface area contributed by atoms with Crippen molar-refractivity contribution in [2.45, 2.75) is 37.2 Å². The summed E-state index contributed by atoms with van der Waals surface area (Å²) in [4.78, 5) is 35.8. The van der Waals surface area contributed by atoms with Crippen molar-refractivity contribution >= 4 is 49.7 Å². The van der Waals surface area contributed by atoms with Crippen molar-refractivity contribution in [3.8, 4) is 0 Å². The average molecular weight is 403 g/mol. The maximum atomic E-state index is 12.3. The van der Waals surface area contributed by atoms with E-state index in [1.54, 1.807) is 0 Å². The summed E-state index contributed by atoms with van der Waals surface area (Å²) in [5.74, 6) is -2.92. The lowest BCUT2D eigenvalue weighted by molar-refractivity contribution is -0.150. The smallest absolute Gasteiger partial charge is 0.451 e. The van der Waals surface area contributed by atoms with Crippen molar-refractivity contribution < 1.29 is 29.5 Å². The summed E-state index contributed by atoms with van der Waals surface area (Å²) in [6.07, 6.45) is 0.0817.